The van der Waals surface area contributed by atoms with Gasteiger partial charge in [-0.2, -0.15) is 0 Å². The second-order valence-electron chi connectivity index (χ2n) is 6.68. The first kappa shape index (κ1) is 13.6. The van der Waals surface area contributed by atoms with Gasteiger partial charge in [0.15, 0.2) is 0 Å². The van der Waals surface area contributed by atoms with Crippen LogP contribution in [-0.4, -0.2) is 43.2 Å². The third kappa shape index (κ3) is 3.21. The van der Waals surface area contributed by atoms with E-state index in [4.69, 9.17) is 0 Å². The SMILES string of the molecule is O=C=NCC1CCCC(CNC(=O)N2CC3CC3C2)C1. The van der Waals surface area contributed by atoms with Crippen LogP contribution in [0.25, 0.3) is 0 Å². The second-order valence-corrected chi connectivity index (χ2v) is 6.68. The highest BCUT2D eigenvalue weighted by Gasteiger charge is 2.46. The molecule has 20 heavy (non-hydrogen) atoms. The van der Waals surface area contributed by atoms with Gasteiger partial charge in [0.25, 0.3) is 0 Å². The van der Waals surface area contributed by atoms with E-state index >= 15 is 0 Å². The van der Waals surface area contributed by atoms with Crippen molar-refractivity contribution >= 4 is 12.1 Å². The lowest BCUT2D eigenvalue weighted by Crippen LogP contribution is -2.42. The summed E-state index contributed by atoms with van der Waals surface area (Å²) in [4.78, 5) is 27.9. The van der Waals surface area contributed by atoms with Crippen molar-refractivity contribution in [3.05, 3.63) is 0 Å². The normalized spacial score (nSPS) is 35.1. The van der Waals surface area contributed by atoms with E-state index in [0.29, 0.717) is 18.4 Å². The van der Waals surface area contributed by atoms with Gasteiger partial charge in [0.05, 0.1) is 6.54 Å². The summed E-state index contributed by atoms with van der Waals surface area (Å²) < 4.78 is 0. The molecule has 2 aliphatic carbocycles. The number of fused-ring (bicyclic) bond motifs is 1. The number of hydrogen-bond donors (Lipinski definition) is 1. The molecule has 3 fully saturated rings. The van der Waals surface area contributed by atoms with E-state index < -0.39 is 0 Å². The molecule has 3 aliphatic rings. The maximum Gasteiger partial charge on any atom is 0.317 e. The fraction of sp³-hybridized carbons (Fsp3) is 0.867. The summed E-state index contributed by atoms with van der Waals surface area (Å²) in [6.45, 7) is 3.28. The lowest BCUT2D eigenvalue weighted by atomic mass is 9.81. The van der Waals surface area contributed by atoms with Crippen molar-refractivity contribution in [3.63, 3.8) is 0 Å². The van der Waals surface area contributed by atoms with Crippen molar-refractivity contribution in [2.24, 2.45) is 28.7 Å². The number of hydrogen-bond acceptors (Lipinski definition) is 3. The van der Waals surface area contributed by atoms with E-state index in [0.717, 1.165) is 44.3 Å². The number of carbonyl (C=O) groups is 1. The molecule has 0 aromatic heterocycles. The zero-order valence-corrected chi connectivity index (χ0v) is 11.9. The molecule has 1 N–H and O–H groups in total. The first-order chi connectivity index (χ1) is 9.76. The molecule has 0 bridgehead atoms. The summed E-state index contributed by atoms with van der Waals surface area (Å²) in [5.74, 6) is 2.62. The first-order valence-corrected chi connectivity index (χ1v) is 7.82. The Hall–Kier alpha value is -1.35. The fourth-order valence-electron chi connectivity index (χ4n) is 3.83. The van der Waals surface area contributed by atoms with E-state index in [1.54, 1.807) is 6.08 Å². The molecule has 3 rings (SSSR count). The Morgan fingerprint density at radius 2 is 1.95 bits per heavy atom. The summed E-state index contributed by atoms with van der Waals surface area (Å²) >= 11 is 0. The van der Waals surface area contributed by atoms with Gasteiger partial charge in [-0.25, -0.2) is 14.6 Å². The number of aliphatic imine (C=N–C) groups is 1. The summed E-state index contributed by atoms with van der Waals surface area (Å²) in [6.07, 6.45) is 7.51. The summed E-state index contributed by atoms with van der Waals surface area (Å²) in [6, 6.07) is 0.116. The zero-order valence-electron chi connectivity index (χ0n) is 11.9. The quantitative estimate of drug-likeness (QED) is 0.629. The van der Waals surface area contributed by atoms with Gasteiger partial charge in [0.1, 0.15) is 0 Å². The molecule has 0 aromatic carbocycles. The molecule has 2 saturated carbocycles. The van der Waals surface area contributed by atoms with Gasteiger partial charge in [-0.05, 0) is 49.4 Å². The molecule has 1 aliphatic heterocycles. The van der Waals surface area contributed by atoms with E-state index in [-0.39, 0.29) is 6.03 Å². The summed E-state index contributed by atoms with van der Waals surface area (Å²) in [5, 5.41) is 3.09. The number of isocyanates is 1. The van der Waals surface area contributed by atoms with Crippen LogP contribution in [-0.2, 0) is 4.79 Å². The van der Waals surface area contributed by atoms with Gasteiger partial charge in [-0.3, -0.25) is 0 Å². The van der Waals surface area contributed by atoms with Gasteiger partial charge >= 0.3 is 6.03 Å². The molecule has 4 unspecified atom stereocenters. The van der Waals surface area contributed by atoms with Crippen molar-refractivity contribution in [2.75, 3.05) is 26.2 Å². The monoisotopic (exact) mass is 277 g/mol. The zero-order chi connectivity index (χ0) is 13.9. The van der Waals surface area contributed by atoms with Crippen LogP contribution in [0.5, 0.6) is 0 Å². The number of urea groups is 1. The van der Waals surface area contributed by atoms with Crippen molar-refractivity contribution in [1.82, 2.24) is 10.2 Å². The van der Waals surface area contributed by atoms with E-state index in [1.807, 2.05) is 4.90 Å². The van der Waals surface area contributed by atoms with E-state index in [9.17, 15) is 9.59 Å². The van der Waals surface area contributed by atoms with Gasteiger partial charge < -0.3 is 10.2 Å². The van der Waals surface area contributed by atoms with Crippen LogP contribution in [0.4, 0.5) is 4.79 Å². The highest BCUT2D eigenvalue weighted by molar-refractivity contribution is 5.74. The molecule has 1 saturated heterocycles. The molecular weight excluding hydrogens is 254 g/mol. The second kappa shape index (κ2) is 5.96. The van der Waals surface area contributed by atoms with Crippen LogP contribution >= 0.6 is 0 Å². The maximum absolute atomic E-state index is 12.1. The molecule has 0 aromatic rings. The van der Waals surface area contributed by atoms with Crippen LogP contribution < -0.4 is 5.32 Å². The number of amides is 2. The number of likely N-dealkylation sites (tertiary alicyclic amines) is 1. The minimum absolute atomic E-state index is 0.116. The molecule has 1 heterocycles. The Labute approximate surface area is 119 Å². The first-order valence-electron chi connectivity index (χ1n) is 7.82. The largest absolute Gasteiger partial charge is 0.338 e. The Morgan fingerprint density at radius 1 is 1.20 bits per heavy atom. The smallest absolute Gasteiger partial charge is 0.317 e. The predicted molar refractivity (Wildman–Crippen MR) is 75.0 cm³/mol. The average Bonchev–Trinajstić information content (AvgIpc) is 3.09. The van der Waals surface area contributed by atoms with Crippen LogP contribution in [0.2, 0.25) is 0 Å². The standard InChI is InChI=1S/C15H23N3O2/c19-10-16-6-11-2-1-3-12(4-11)7-17-15(20)18-8-13-5-14(13)9-18/h11-14H,1-9H2,(H,17,20). The highest BCUT2D eigenvalue weighted by atomic mass is 16.2. The highest BCUT2D eigenvalue weighted by Crippen LogP contribution is 2.44. The van der Waals surface area contributed by atoms with Crippen molar-refractivity contribution in [3.8, 4) is 0 Å². The molecular formula is C15H23N3O2. The number of rotatable bonds is 4. The topological polar surface area (TPSA) is 61.8 Å². The third-order valence-corrected chi connectivity index (χ3v) is 5.11. The van der Waals surface area contributed by atoms with Gasteiger partial charge in [-0.1, -0.05) is 6.42 Å². The van der Waals surface area contributed by atoms with Gasteiger partial charge in [-0.15, -0.1) is 0 Å². The van der Waals surface area contributed by atoms with E-state index in [2.05, 4.69) is 10.3 Å². The van der Waals surface area contributed by atoms with Crippen LogP contribution in [0, 0.1) is 23.7 Å². The Kier molecular flexibility index (Phi) is 4.06. The molecule has 4 atom stereocenters. The van der Waals surface area contributed by atoms with Gasteiger partial charge in [0.2, 0.25) is 6.08 Å². The average molecular weight is 277 g/mol. The minimum Gasteiger partial charge on any atom is -0.338 e. The molecule has 0 radical (unpaired) electrons. The predicted octanol–water partition coefficient (Wildman–Crippen LogP) is 1.79. The summed E-state index contributed by atoms with van der Waals surface area (Å²) in [7, 11) is 0. The lowest BCUT2D eigenvalue weighted by molar-refractivity contribution is 0.196. The molecule has 0 spiro atoms. The molecule has 2 amide bonds. The number of piperidine rings is 1. The maximum atomic E-state index is 12.1. The van der Waals surface area contributed by atoms with Crippen LogP contribution in [0.1, 0.15) is 32.1 Å². The minimum atomic E-state index is 0.116. The lowest BCUT2D eigenvalue weighted by Gasteiger charge is -2.29. The third-order valence-electron chi connectivity index (χ3n) is 5.11. The number of nitrogens with one attached hydrogen (secondary N) is 1. The number of nitrogens with zero attached hydrogens (tertiary/aromatic N) is 2. The fourth-order valence-corrected chi connectivity index (χ4v) is 3.83. The van der Waals surface area contributed by atoms with Crippen molar-refractivity contribution in [2.45, 2.75) is 32.1 Å². The van der Waals surface area contributed by atoms with Crippen LogP contribution in [0.15, 0.2) is 4.99 Å². The molecule has 5 heteroatoms. The Morgan fingerprint density at radius 3 is 2.70 bits per heavy atom. The van der Waals surface area contributed by atoms with Gasteiger partial charge in [0, 0.05) is 19.6 Å². The van der Waals surface area contributed by atoms with Crippen molar-refractivity contribution in [1.29, 1.82) is 0 Å². The Bertz CT molecular complexity index is 409. The van der Waals surface area contributed by atoms with Crippen molar-refractivity contribution < 1.29 is 9.59 Å². The summed E-state index contributed by atoms with van der Waals surface area (Å²) in [5.41, 5.74) is 0. The molecule has 110 valence electrons. The number of carbonyl (C=O) groups excluding carboxylic acids is 2. The Balaban J connectivity index is 1.38. The van der Waals surface area contributed by atoms with E-state index in [1.165, 1.54) is 19.3 Å². The molecule has 5 nitrogen and oxygen atoms in total. The van der Waals surface area contributed by atoms with Crippen LogP contribution in [0.3, 0.4) is 0 Å².